The summed E-state index contributed by atoms with van der Waals surface area (Å²) in [5, 5.41) is 1.30. The van der Waals surface area contributed by atoms with Crippen LogP contribution in [0.4, 0.5) is 0 Å². The Morgan fingerprint density at radius 3 is 2.65 bits per heavy atom. The highest BCUT2D eigenvalue weighted by molar-refractivity contribution is 9.10. The summed E-state index contributed by atoms with van der Waals surface area (Å²) < 4.78 is 3.51. The Morgan fingerprint density at radius 2 is 1.94 bits per heavy atom. The smallest absolute Gasteiger partial charge is 0.0492 e. The zero-order valence-electron chi connectivity index (χ0n) is 10.5. The van der Waals surface area contributed by atoms with Gasteiger partial charge in [0.25, 0.3) is 0 Å². The van der Waals surface area contributed by atoms with Crippen LogP contribution < -0.4 is 0 Å². The fourth-order valence-corrected chi connectivity index (χ4v) is 2.66. The van der Waals surface area contributed by atoms with Crippen molar-refractivity contribution in [2.24, 2.45) is 0 Å². The summed E-state index contributed by atoms with van der Waals surface area (Å²) in [6.45, 7) is 8.85. The summed E-state index contributed by atoms with van der Waals surface area (Å²) in [5.74, 6) is 0. The van der Waals surface area contributed by atoms with Crippen LogP contribution >= 0.6 is 15.9 Å². The molecule has 0 N–H and O–H groups in total. The summed E-state index contributed by atoms with van der Waals surface area (Å²) in [6.07, 6.45) is 2.18. The summed E-state index contributed by atoms with van der Waals surface area (Å²) in [5.41, 5.74) is 1.31. The molecular weight excluding hydrogens is 276 g/mol. The van der Waals surface area contributed by atoms with Crippen molar-refractivity contribution in [3.05, 3.63) is 34.9 Å². The summed E-state index contributed by atoms with van der Waals surface area (Å²) in [7, 11) is 0. The Hall–Kier alpha value is -0.800. The molecule has 0 bridgehead atoms. The van der Waals surface area contributed by atoms with Crippen molar-refractivity contribution in [2.75, 3.05) is 19.6 Å². The van der Waals surface area contributed by atoms with E-state index in [4.69, 9.17) is 0 Å². The van der Waals surface area contributed by atoms with Crippen molar-refractivity contribution >= 4 is 26.8 Å². The largest absolute Gasteiger partial charge is 0.346 e. The lowest BCUT2D eigenvalue weighted by Gasteiger charge is -2.18. The van der Waals surface area contributed by atoms with Gasteiger partial charge >= 0.3 is 0 Å². The number of aromatic nitrogens is 1. The van der Waals surface area contributed by atoms with E-state index in [0.29, 0.717) is 0 Å². The normalized spacial score (nSPS) is 11.5. The van der Waals surface area contributed by atoms with Crippen LogP contribution in [0.15, 0.2) is 34.9 Å². The van der Waals surface area contributed by atoms with Crippen molar-refractivity contribution < 1.29 is 0 Å². The zero-order valence-corrected chi connectivity index (χ0v) is 12.1. The van der Waals surface area contributed by atoms with E-state index in [9.17, 15) is 0 Å². The lowest BCUT2D eigenvalue weighted by molar-refractivity contribution is 0.292. The molecule has 2 nitrogen and oxygen atoms in total. The van der Waals surface area contributed by atoms with E-state index >= 15 is 0 Å². The van der Waals surface area contributed by atoms with E-state index in [1.807, 2.05) is 0 Å². The molecule has 2 rings (SSSR count). The monoisotopic (exact) mass is 294 g/mol. The van der Waals surface area contributed by atoms with Crippen LogP contribution in [0, 0.1) is 0 Å². The van der Waals surface area contributed by atoms with Gasteiger partial charge in [-0.05, 0) is 31.3 Å². The molecule has 0 aliphatic carbocycles. The second kappa shape index (κ2) is 5.69. The van der Waals surface area contributed by atoms with Gasteiger partial charge in [-0.2, -0.15) is 0 Å². The Bertz CT molecular complexity index is 486. The Labute approximate surface area is 111 Å². The van der Waals surface area contributed by atoms with Crippen LogP contribution in [0.1, 0.15) is 13.8 Å². The summed E-state index contributed by atoms with van der Waals surface area (Å²) in [4.78, 5) is 2.45. The number of rotatable bonds is 5. The van der Waals surface area contributed by atoms with Crippen molar-refractivity contribution in [3.63, 3.8) is 0 Å². The Morgan fingerprint density at radius 1 is 1.18 bits per heavy atom. The first-order chi connectivity index (χ1) is 8.26. The van der Waals surface area contributed by atoms with Gasteiger partial charge in [-0.25, -0.2) is 0 Å². The minimum Gasteiger partial charge on any atom is -0.346 e. The predicted molar refractivity (Wildman–Crippen MR) is 77.4 cm³/mol. The number of nitrogens with zero attached hydrogens (tertiary/aromatic N) is 2. The molecule has 0 aliphatic rings. The van der Waals surface area contributed by atoms with Gasteiger partial charge in [0.05, 0.1) is 0 Å². The van der Waals surface area contributed by atoms with E-state index in [1.54, 1.807) is 0 Å². The minimum absolute atomic E-state index is 1.06. The van der Waals surface area contributed by atoms with Gasteiger partial charge in [-0.3, -0.25) is 0 Å². The third-order valence-electron chi connectivity index (χ3n) is 3.31. The quantitative estimate of drug-likeness (QED) is 0.815. The highest BCUT2D eigenvalue weighted by Gasteiger charge is 2.05. The molecule has 1 aromatic heterocycles. The number of hydrogen-bond acceptors (Lipinski definition) is 1. The Balaban J connectivity index is 2.17. The van der Waals surface area contributed by atoms with E-state index in [0.717, 1.165) is 26.2 Å². The molecule has 0 fully saturated rings. The average Bonchev–Trinajstić information content (AvgIpc) is 2.75. The number of hydrogen-bond donors (Lipinski definition) is 0. The fourth-order valence-electron chi connectivity index (χ4n) is 2.17. The van der Waals surface area contributed by atoms with Crippen LogP contribution in [0.3, 0.4) is 0 Å². The van der Waals surface area contributed by atoms with Crippen molar-refractivity contribution in [2.45, 2.75) is 20.4 Å². The topological polar surface area (TPSA) is 8.17 Å². The Kier molecular flexibility index (Phi) is 4.24. The van der Waals surface area contributed by atoms with Crippen LogP contribution in [0.5, 0.6) is 0 Å². The van der Waals surface area contributed by atoms with Crippen molar-refractivity contribution in [1.29, 1.82) is 0 Å². The number of fused-ring (bicyclic) bond motifs is 1. The van der Waals surface area contributed by atoms with Gasteiger partial charge in [0, 0.05) is 34.7 Å². The molecule has 0 unspecified atom stereocenters. The maximum absolute atomic E-state index is 3.59. The zero-order chi connectivity index (χ0) is 12.3. The molecule has 0 saturated carbocycles. The van der Waals surface area contributed by atoms with Crippen LogP contribution in [0.25, 0.3) is 10.9 Å². The molecule has 0 aliphatic heterocycles. The first-order valence-electron chi connectivity index (χ1n) is 6.22. The molecule has 0 saturated heterocycles. The van der Waals surface area contributed by atoms with Gasteiger partial charge in [-0.1, -0.05) is 35.8 Å². The number of likely N-dealkylation sites (N-methyl/N-ethyl adjacent to an activating group) is 1. The summed E-state index contributed by atoms with van der Waals surface area (Å²) >= 11 is 3.59. The first-order valence-corrected chi connectivity index (χ1v) is 7.01. The standard InChI is InChI=1S/C14H19BrN2/c1-3-16(4-2)10-11-17-9-8-12-13(15)6-5-7-14(12)17/h5-9H,3-4,10-11H2,1-2H3. The van der Waals surface area contributed by atoms with Gasteiger partial charge in [0.15, 0.2) is 0 Å². The maximum atomic E-state index is 3.59. The minimum atomic E-state index is 1.06. The van der Waals surface area contributed by atoms with Gasteiger partial charge in [0.2, 0.25) is 0 Å². The van der Waals surface area contributed by atoms with Crippen LogP contribution in [-0.2, 0) is 6.54 Å². The number of halogens is 1. The number of benzene rings is 1. The van der Waals surface area contributed by atoms with Gasteiger partial charge in [-0.15, -0.1) is 0 Å². The third kappa shape index (κ3) is 2.72. The molecule has 0 amide bonds. The summed E-state index contributed by atoms with van der Waals surface area (Å²) in [6, 6.07) is 8.56. The molecule has 17 heavy (non-hydrogen) atoms. The van der Waals surface area contributed by atoms with Crippen molar-refractivity contribution in [1.82, 2.24) is 9.47 Å². The van der Waals surface area contributed by atoms with E-state index in [1.165, 1.54) is 15.4 Å². The van der Waals surface area contributed by atoms with E-state index in [2.05, 4.69) is 69.7 Å². The maximum Gasteiger partial charge on any atom is 0.0492 e. The second-order valence-electron chi connectivity index (χ2n) is 4.21. The molecule has 92 valence electrons. The van der Waals surface area contributed by atoms with E-state index < -0.39 is 0 Å². The predicted octanol–water partition coefficient (Wildman–Crippen LogP) is 3.75. The average molecular weight is 295 g/mol. The SMILES string of the molecule is CCN(CC)CCn1ccc2c(Br)cccc21. The second-order valence-corrected chi connectivity index (χ2v) is 5.06. The molecule has 0 radical (unpaired) electrons. The molecule has 2 aromatic rings. The fraction of sp³-hybridized carbons (Fsp3) is 0.429. The first kappa shape index (κ1) is 12.7. The molecule has 0 atom stereocenters. The van der Waals surface area contributed by atoms with Gasteiger partial charge in [0.1, 0.15) is 0 Å². The molecule has 1 aromatic carbocycles. The molecular formula is C14H19BrN2. The third-order valence-corrected chi connectivity index (χ3v) is 4.00. The van der Waals surface area contributed by atoms with Crippen LogP contribution in [0.2, 0.25) is 0 Å². The van der Waals surface area contributed by atoms with Crippen LogP contribution in [-0.4, -0.2) is 29.1 Å². The lowest BCUT2D eigenvalue weighted by Crippen LogP contribution is -2.26. The molecule has 3 heteroatoms. The molecule has 1 heterocycles. The lowest BCUT2D eigenvalue weighted by atomic mass is 10.2. The highest BCUT2D eigenvalue weighted by Crippen LogP contribution is 2.24. The van der Waals surface area contributed by atoms with Crippen molar-refractivity contribution in [3.8, 4) is 0 Å². The van der Waals surface area contributed by atoms with E-state index in [-0.39, 0.29) is 0 Å². The highest BCUT2D eigenvalue weighted by atomic mass is 79.9. The van der Waals surface area contributed by atoms with Gasteiger partial charge < -0.3 is 9.47 Å². The molecule has 0 spiro atoms.